The molecule has 0 aliphatic heterocycles. The number of ether oxygens (including phenoxy) is 2. The number of hydrogen-bond donors (Lipinski definition) is 2. The van der Waals surface area contributed by atoms with Crippen LogP contribution in [0.1, 0.15) is 43.0 Å². The van der Waals surface area contributed by atoms with Gasteiger partial charge in [-0.3, -0.25) is 0 Å². The molecule has 0 amide bonds. The Morgan fingerprint density at radius 1 is 0.351 bits per heavy atom. The number of carboxylic acids is 2. The van der Waals surface area contributed by atoms with Gasteiger partial charge in [0.1, 0.15) is 34.1 Å². The first-order chi connectivity index (χ1) is 27.9. The number of fused-ring (bicyclic) bond motifs is 3. The first-order valence-corrected chi connectivity index (χ1v) is 18.5. The van der Waals surface area contributed by atoms with Crippen LogP contribution in [-0.2, 0) is 5.41 Å². The van der Waals surface area contributed by atoms with E-state index in [9.17, 15) is 19.8 Å². The van der Waals surface area contributed by atoms with E-state index in [-0.39, 0.29) is 22.6 Å². The van der Waals surface area contributed by atoms with Crippen molar-refractivity contribution in [2.75, 3.05) is 0 Å². The molecular weight excluding hydrogens is 709 g/mol. The number of aromatic carboxylic acids is 2. The van der Waals surface area contributed by atoms with Crippen LogP contribution >= 0.6 is 0 Å². The summed E-state index contributed by atoms with van der Waals surface area (Å²) in [5.74, 6) is -0.457. The molecule has 274 valence electrons. The number of rotatable bonds is 10. The zero-order chi connectivity index (χ0) is 38.9. The minimum absolute atomic E-state index is 0.0914. The molecule has 0 fully saturated rings. The maximum Gasteiger partial charge on any atom is 0.339 e. The minimum Gasteiger partial charge on any atom is -0.478 e. The molecule has 6 nitrogen and oxygen atoms in total. The molecule has 0 spiro atoms. The van der Waals surface area contributed by atoms with E-state index in [1.807, 2.05) is 48.5 Å². The largest absolute Gasteiger partial charge is 0.478 e. The predicted octanol–water partition coefficient (Wildman–Crippen LogP) is 12.4. The third kappa shape index (κ3) is 6.10. The molecule has 0 heterocycles. The summed E-state index contributed by atoms with van der Waals surface area (Å²) in [7, 11) is 0. The van der Waals surface area contributed by atoms with Gasteiger partial charge in [-0.25, -0.2) is 9.59 Å². The van der Waals surface area contributed by atoms with Crippen LogP contribution in [0.4, 0.5) is 0 Å². The Labute approximate surface area is 329 Å². The Morgan fingerprint density at radius 2 is 0.667 bits per heavy atom. The first-order valence-electron chi connectivity index (χ1n) is 18.5. The molecule has 0 bridgehead atoms. The van der Waals surface area contributed by atoms with Crippen LogP contribution in [0.15, 0.2) is 194 Å². The van der Waals surface area contributed by atoms with Crippen molar-refractivity contribution in [3.05, 3.63) is 228 Å². The predicted molar refractivity (Wildman–Crippen MR) is 222 cm³/mol. The standard InChI is InChI=1S/C51H34O6/c52-49(53)41-17-5-11-23-47(41)56-45-21-9-3-13-37(45)33-25-29-35(30-26-33)51(43-19-7-1-15-39(43)40-16-2-8-20-44(40)51)36-31-27-34(28-32-36)38-14-4-10-22-46(38)57-48-24-12-6-18-42(48)50(54)55/h1-32H,(H,52,53)(H,54,55). The summed E-state index contributed by atoms with van der Waals surface area (Å²) in [6.45, 7) is 0. The summed E-state index contributed by atoms with van der Waals surface area (Å²) >= 11 is 0. The van der Waals surface area contributed by atoms with Gasteiger partial charge < -0.3 is 19.7 Å². The zero-order valence-electron chi connectivity index (χ0n) is 30.5. The topological polar surface area (TPSA) is 93.1 Å². The highest BCUT2D eigenvalue weighted by Gasteiger charge is 2.45. The summed E-state index contributed by atoms with van der Waals surface area (Å²) in [5.41, 5.74) is 9.91. The maximum atomic E-state index is 12.0. The SMILES string of the molecule is O=C(O)c1ccccc1Oc1ccccc1-c1ccc(C2(c3ccc(-c4ccccc4Oc4ccccc4C(=O)O)cc3)c3ccccc3-c3ccccc32)cc1. The molecule has 0 saturated carbocycles. The second-order valence-corrected chi connectivity index (χ2v) is 13.8. The van der Waals surface area contributed by atoms with Gasteiger partial charge in [-0.2, -0.15) is 0 Å². The Kier molecular flexibility index (Phi) is 8.92. The molecule has 0 unspecified atom stereocenters. The molecular formula is C51H34O6. The zero-order valence-corrected chi connectivity index (χ0v) is 30.5. The van der Waals surface area contributed by atoms with E-state index in [1.54, 1.807) is 36.4 Å². The van der Waals surface area contributed by atoms with Crippen LogP contribution in [0.5, 0.6) is 23.0 Å². The Hall–Kier alpha value is -7.70. The van der Waals surface area contributed by atoms with Gasteiger partial charge in [-0.05, 0) is 80.9 Å². The van der Waals surface area contributed by atoms with E-state index in [2.05, 4.69) is 97.1 Å². The van der Waals surface area contributed by atoms with Gasteiger partial charge in [-0.1, -0.05) is 158 Å². The lowest BCUT2D eigenvalue weighted by Crippen LogP contribution is -2.28. The minimum atomic E-state index is -1.05. The van der Waals surface area contributed by atoms with Crippen molar-refractivity contribution in [2.45, 2.75) is 5.41 Å². The molecule has 0 saturated heterocycles. The summed E-state index contributed by atoms with van der Waals surface area (Å²) in [5, 5.41) is 19.6. The summed E-state index contributed by atoms with van der Waals surface area (Å²) in [4.78, 5) is 23.9. The Morgan fingerprint density at radius 3 is 1.05 bits per heavy atom. The van der Waals surface area contributed by atoms with Crippen molar-refractivity contribution in [1.82, 2.24) is 0 Å². The van der Waals surface area contributed by atoms with E-state index in [0.717, 1.165) is 33.4 Å². The van der Waals surface area contributed by atoms with Crippen molar-refractivity contribution in [2.24, 2.45) is 0 Å². The van der Waals surface area contributed by atoms with E-state index in [4.69, 9.17) is 9.47 Å². The van der Waals surface area contributed by atoms with E-state index < -0.39 is 17.4 Å². The average Bonchev–Trinajstić information content (AvgIpc) is 3.55. The normalized spacial score (nSPS) is 12.3. The summed E-state index contributed by atoms with van der Waals surface area (Å²) in [6.07, 6.45) is 0. The molecule has 8 aromatic carbocycles. The molecule has 57 heavy (non-hydrogen) atoms. The molecule has 9 rings (SSSR count). The number of benzene rings is 8. The lowest BCUT2D eigenvalue weighted by atomic mass is 9.67. The molecule has 0 radical (unpaired) electrons. The molecule has 0 aromatic heterocycles. The highest BCUT2D eigenvalue weighted by Crippen LogP contribution is 2.56. The fourth-order valence-electron chi connectivity index (χ4n) is 8.11. The van der Waals surface area contributed by atoms with Crippen LogP contribution in [0.25, 0.3) is 33.4 Å². The lowest BCUT2D eigenvalue weighted by Gasteiger charge is -2.34. The van der Waals surface area contributed by atoms with Crippen LogP contribution in [0, 0.1) is 0 Å². The second-order valence-electron chi connectivity index (χ2n) is 13.8. The summed E-state index contributed by atoms with van der Waals surface area (Å²) in [6, 6.07) is 62.8. The second kappa shape index (κ2) is 14.5. The van der Waals surface area contributed by atoms with Crippen LogP contribution in [0.3, 0.4) is 0 Å². The van der Waals surface area contributed by atoms with Crippen LogP contribution in [-0.4, -0.2) is 22.2 Å². The highest BCUT2D eigenvalue weighted by molar-refractivity contribution is 5.92. The van der Waals surface area contributed by atoms with Gasteiger partial charge in [0.25, 0.3) is 0 Å². The highest BCUT2D eigenvalue weighted by atomic mass is 16.5. The smallest absolute Gasteiger partial charge is 0.339 e. The average molecular weight is 743 g/mol. The third-order valence-electron chi connectivity index (χ3n) is 10.7. The Balaban J connectivity index is 1.14. The quantitative estimate of drug-likeness (QED) is 0.145. The van der Waals surface area contributed by atoms with Crippen molar-refractivity contribution in [3.63, 3.8) is 0 Å². The Bertz CT molecular complexity index is 2610. The molecule has 1 aliphatic rings. The van der Waals surface area contributed by atoms with Crippen molar-refractivity contribution >= 4 is 11.9 Å². The fraction of sp³-hybridized carbons (Fsp3) is 0.0196. The summed E-state index contributed by atoms with van der Waals surface area (Å²) < 4.78 is 12.5. The molecule has 1 aliphatic carbocycles. The number of carboxylic acid groups (broad SMARTS) is 2. The fourth-order valence-corrected chi connectivity index (χ4v) is 8.11. The van der Waals surface area contributed by atoms with E-state index in [0.29, 0.717) is 11.5 Å². The van der Waals surface area contributed by atoms with Crippen LogP contribution in [0.2, 0.25) is 0 Å². The monoisotopic (exact) mass is 742 g/mol. The van der Waals surface area contributed by atoms with Gasteiger partial charge in [0.15, 0.2) is 0 Å². The third-order valence-corrected chi connectivity index (χ3v) is 10.7. The van der Waals surface area contributed by atoms with Gasteiger partial charge in [0.05, 0.1) is 5.41 Å². The van der Waals surface area contributed by atoms with Crippen molar-refractivity contribution < 1.29 is 29.3 Å². The first kappa shape index (κ1) is 35.0. The maximum absolute atomic E-state index is 12.0. The number of carbonyl (C=O) groups is 2. The molecule has 6 heteroatoms. The van der Waals surface area contributed by atoms with E-state index in [1.165, 1.54) is 34.4 Å². The number of hydrogen-bond acceptors (Lipinski definition) is 4. The van der Waals surface area contributed by atoms with Gasteiger partial charge in [-0.15, -0.1) is 0 Å². The van der Waals surface area contributed by atoms with Gasteiger partial charge in [0, 0.05) is 11.1 Å². The van der Waals surface area contributed by atoms with Crippen LogP contribution < -0.4 is 9.47 Å². The number of para-hydroxylation sites is 4. The van der Waals surface area contributed by atoms with Crippen molar-refractivity contribution in [1.29, 1.82) is 0 Å². The van der Waals surface area contributed by atoms with Gasteiger partial charge >= 0.3 is 11.9 Å². The van der Waals surface area contributed by atoms with Gasteiger partial charge in [0.2, 0.25) is 0 Å². The van der Waals surface area contributed by atoms with E-state index >= 15 is 0 Å². The molecule has 2 N–H and O–H groups in total. The molecule has 0 atom stereocenters. The molecule has 8 aromatic rings. The van der Waals surface area contributed by atoms with Crippen molar-refractivity contribution in [3.8, 4) is 56.4 Å². The lowest BCUT2D eigenvalue weighted by molar-refractivity contribution is 0.0683.